The van der Waals surface area contributed by atoms with Gasteiger partial charge in [0.1, 0.15) is 0 Å². The van der Waals surface area contributed by atoms with Crippen LogP contribution < -0.4 is 11.5 Å². The summed E-state index contributed by atoms with van der Waals surface area (Å²) < 4.78 is 0. The summed E-state index contributed by atoms with van der Waals surface area (Å²) in [5.74, 6) is -0.531. The molecule has 1 atom stereocenters. The molecule has 0 spiro atoms. The number of rotatable bonds is 3. The molecule has 1 saturated heterocycles. The van der Waals surface area contributed by atoms with E-state index in [1.54, 1.807) is 17.0 Å². The molecular weight excluding hydrogens is 286 g/mol. The third-order valence-electron chi connectivity index (χ3n) is 3.40. The average molecular weight is 304 g/mol. The minimum Gasteiger partial charge on any atom is -0.365 e. The molecule has 2 rings (SSSR count). The summed E-state index contributed by atoms with van der Waals surface area (Å²) >= 11 is 1.15. The fraction of sp³-hybridized carbons (Fsp3) is 0.500. The zero-order valence-corrected chi connectivity index (χ0v) is 12.4. The van der Waals surface area contributed by atoms with Gasteiger partial charge in [-0.15, -0.1) is 23.7 Å². The molecular formula is C12H18ClN3O2S. The maximum absolute atomic E-state index is 12.2. The number of primary amides is 1. The highest BCUT2D eigenvalue weighted by Gasteiger charge is 2.35. The van der Waals surface area contributed by atoms with Gasteiger partial charge < -0.3 is 16.4 Å². The Morgan fingerprint density at radius 2 is 2.05 bits per heavy atom. The van der Waals surface area contributed by atoms with Gasteiger partial charge in [-0.3, -0.25) is 9.59 Å². The molecule has 106 valence electrons. The Morgan fingerprint density at radius 1 is 1.42 bits per heavy atom. The van der Waals surface area contributed by atoms with Crippen molar-refractivity contribution in [1.82, 2.24) is 4.90 Å². The van der Waals surface area contributed by atoms with Crippen LogP contribution in [0.1, 0.15) is 32.7 Å². The van der Waals surface area contributed by atoms with E-state index in [4.69, 9.17) is 11.5 Å². The van der Waals surface area contributed by atoms with E-state index in [1.165, 1.54) is 0 Å². The van der Waals surface area contributed by atoms with Crippen molar-refractivity contribution in [1.29, 1.82) is 0 Å². The highest BCUT2D eigenvalue weighted by molar-refractivity contribution is 7.15. The lowest BCUT2D eigenvalue weighted by Crippen LogP contribution is -2.34. The van der Waals surface area contributed by atoms with E-state index in [9.17, 15) is 9.59 Å². The predicted octanol–water partition coefficient (Wildman–Crippen LogP) is 1.08. The van der Waals surface area contributed by atoms with E-state index >= 15 is 0 Å². The Bertz CT molecular complexity index is 491. The number of nitrogens with zero attached hydrogens (tertiary/aromatic N) is 1. The molecule has 0 saturated carbocycles. The van der Waals surface area contributed by atoms with Crippen LogP contribution >= 0.6 is 23.7 Å². The van der Waals surface area contributed by atoms with Gasteiger partial charge in [0.2, 0.25) is 0 Å². The van der Waals surface area contributed by atoms with E-state index in [1.807, 2.05) is 0 Å². The molecule has 1 aromatic heterocycles. The Balaban J connectivity index is 0.00000180. The molecule has 0 aliphatic carbocycles. The molecule has 0 aromatic carbocycles. The lowest BCUT2D eigenvalue weighted by molar-refractivity contribution is 0.0781. The normalized spacial score (nSPS) is 22.1. The van der Waals surface area contributed by atoms with Gasteiger partial charge in [-0.25, -0.2) is 0 Å². The average Bonchev–Trinajstić information content (AvgIpc) is 2.95. The van der Waals surface area contributed by atoms with E-state index < -0.39 is 5.91 Å². The van der Waals surface area contributed by atoms with Gasteiger partial charge in [-0.05, 0) is 30.5 Å². The minimum atomic E-state index is -0.493. The largest absolute Gasteiger partial charge is 0.365 e. The molecule has 2 amide bonds. The summed E-state index contributed by atoms with van der Waals surface area (Å²) in [7, 11) is 0. The molecule has 5 nitrogen and oxygen atoms in total. The van der Waals surface area contributed by atoms with Gasteiger partial charge >= 0.3 is 0 Å². The van der Waals surface area contributed by atoms with Crippen LogP contribution in [0.25, 0.3) is 0 Å². The predicted molar refractivity (Wildman–Crippen MR) is 77.8 cm³/mol. The van der Waals surface area contributed by atoms with Crippen molar-refractivity contribution in [3.8, 4) is 0 Å². The van der Waals surface area contributed by atoms with Gasteiger partial charge in [0.25, 0.3) is 11.8 Å². The first-order valence-electron chi connectivity index (χ1n) is 5.84. The number of carbonyl (C=O) groups excluding carboxylic acids is 2. The van der Waals surface area contributed by atoms with Crippen molar-refractivity contribution in [2.24, 2.45) is 16.9 Å². The molecule has 1 fully saturated rings. The first kappa shape index (κ1) is 15.9. The summed E-state index contributed by atoms with van der Waals surface area (Å²) in [4.78, 5) is 26.0. The number of hydrogen-bond donors (Lipinski definition) is 2. The molecule has 1 aromatic rings. The lowest BCUT2D eigenvalue weighted by Gasteiger charge is -2.22. The summed E-state index contributed by atoms with van der Waals surface area (Å²) in [6, 6.07) is 3.25. The van der Waals surface area contributed by atoms with Crippen molar-refractivity contribution in [3.63, 3.8) is 0 Å². The summed E-state index contributed by atoms with van der Waals surface area (Å²) in [6.45, 7) is 4.06. The van der Waals surface area contributed by atoms with Crippen molar-refractivity contribution < 1.29 is 9.59 Å². The van der Waals surface area contributed by atoms with Crippen LogP contribution in [0.15, 0.2) is 12.1 Å². The molecule has 1 aliphatic rings. The topological polar surface area (TPSA) is 89.4 Å². The molecule has 1 aliphatic heterocycles. The van der Waals surface area contributed by atoms with Crippen LogP contribution in [0.2, 0.25) is 0 Å². The molecule has 1 unspecified atom stereocenters. The van der Waals surface area contributed by atoms with Crippen LogP contribution in [0.4, 0.5) is 0 Å². The quantitative estimate of drug-likeness (QED) is 0.875. The number of halogens is 1. The SMILES string of the molecule is CC1(CN)CCN(C(=O)c2ccc(C(N)=O)s2)C1.Cl. The molecule has 4 N–H and O–H groups in total. The lowest BCUT2D eigenvalue weighted by atomic mass is 9.90. The zero-order valence-electron chi connectivity index (χ0n) is 10.7. The van der Waals surface area contributed by atoms with Crippen molar-refractivity contribution >= 4 is 35.6 Å². The summed E-state index contributed by atoms with van der Waals surface area (Å²) in [5.41, 5.74) is 10.9. The van der Waals surface area contributed by atoms with Gasteiger partial charge in [0.15, 0.2) is 0 Å². The van der Waals surface area contributed by atoms with Gasteiger partial charge in [-0.1, -0.05) is 6.92 Å². The third kappa shape index (κ3) is 3.26. The summed E-state index contributed by atoms with van der Waals surface area (Å²) in [5, 5.41) is 0. The Hall–Kier alpha value is -1.11. The van der Waals surface area contributed by atoms with E-state index in [2.05, 4.69) is 6.92 Å². The molecule has 2 heterocycles. The van der Waals surface area contributed by atoms with E-state index in [0.717, 1.165) is 24.3 Å². The number of thiophene rings is 1. The number of hydrogen-bond acceptors (Lipinski definition) is 4. The number of likely N-dealkylation sites (tertiary alicyclic amines) is 1. The Kier molecular flexibility index (Phi) is 4.95. The number of nitrogens with two attached hydrogens (primary N) is 2. The highest BCUT2D eigenvalue weighted by atomic mass is 35.5. The van der Waals surface area contributed by atoms with Crippen LogP contribution in [0, 0.1) is 5.41 Å². The first-order valence-corrected chi connectivity index (χ1v) is 6.66. The van der Waals surface area contributed by atoms with Gasteiger partial charge in [0.05, 0.1) is 9.75 Å². The third-order valence-corrected chi connectivity index (χ3v) is 4.49. The standard InChI is InChI=1S/C12H17N3O2S.ClH/c1-12(6-13)4-5-15(7-12)11(17)9-3-2-8(18-9)10(14)16;/h2-3H,4-7,13H2,1H3,(H2,14,16);1H. The molecule has 19 heavy (non-hydrogen) atoms. The second-order valence-electron chi connectivity index (χ2n) is 5.02. The van der Waals surface area contributed by atoms with Gasteiger partial charge in [0, 0.05) is 13.1 Å². The minimum absolute atomic E-state index is 0. The van der Waals surface area contributed by atoms with Crippen LogP contribution in [0.5, 0.6) is 0 Å². The van der Waals surface area contributed by atoms with E-state index in [0.29, 0.717) is 22.8 Å². The fourth-order valence-corrected chi connectivity index (χ4v) is 2.93. The summed E-state index contributed by atoms with van der Waals surface area (Å²) in [6.07, 6.45) is 0.920. The maximum atomic E-state index is 12.2. The van der Waals surface area contributed by atoms with Crippen molar-refractivity contribution in [2.45, 2.75) is 13.3 Å². The second kappa shape index (κ2) is 5.90. The van der Waals surface area contributed by atoms with Gasteiger partial charge in [-0.2, -0.15) is 0 Å². The second-order valence-corrected chi connectivity index (χ2v) is 6.10. The maximum Gasteiger partial charge on any atom is 0.263 e. The number of amides is 2. The number of carbonyl (C=O) groups is 2. The van der Waals surface area contributed by atoms with Crippen LogP contribution in [-0.2, 0) is 0 Å². The Labute approximate surface area is 122 Å². The Morgan fingerprint density at radius 3 is 2.53 bits per heavy atom. The smallest absolute Gasteiger partial charge is 0.263 e. The van der Waals surface area contributed by atoms with E-state index in [-0.39, 0.29) is 23.7 Å². The monoisotopic (exact) mass is 303 g/mol. The zero-order chi connectivity index (χ0) is 13.3. The highest BCUT2D eigenvalue weighted by Crippen LogP contribution is 2.30. The molecule has 0 bridgehead atoms. The van der Waals surface area contributed by atoms with Crippen LogP contribution in [-0.4, -0.2) is 36.3 Å². The van der Waals surface area contributed by atoms with Crippen molar-refractivity contribution in [2.75, 3.05) is 19.6 Å². The fourth-order valence-electron chi connectivity index (χ4n) is 2.10. The van der Waals surface area contributed by atoms with Crippen molar-refractivity contribution in [3.05, 3.63) is 21.9 Å². The first-order chi connectivity index (χ1) is 8.45. The van der Waals surface area contributed by atoms with Crippen LogP contribution in [0.3, 0.4) is 0 Å². The molecule has 7 heteroatoms. The molecule has 0 radical (unpaired) electrons.